The van der Waals surface area contributed by atoms with Crippen LogP contribution in [-0.4, -0.2) is 45.4 Å². The monoisotopic (exact) mass is 497 g/mol. The topological polar surface area (TPSA) is 119 Å². The van der Waals surface area contributed by atoms with Crippen molar-refractivity contribution in [2.75, 3.05) is 30.7 Å². The lowest BCUT2D eigenvalue weighted by Gasteiger charge is -2.20. The van der Waals surface area contributed by atoms with Crippen molar-refractivity contribution in [2.24, 2.45) is 7.05 Å². The molecule has 0 unspecified atom stereocenters. The molecule has 9 nitrogen and oxygen atoms in total. The van der Waals surface area contributed by atoms with Gasteiger partial charge in [-0.25, -0.2) is 4.79 Å². The van der Waals surface area contributed by atoms with Crippen molar-refractivity contribution in [2.45, 2.75) is 20.4 Å². The number of rotatable bonds is 9. The van der Waals surface area contributed by atoms with Crippen LogP contribution < -0.4 is 22.3 Å². The molecule has 0 aliphatic heterocycles. The number of amides is 1. The van der Waals surface area contributed by atoms with Gasteiger partial charge >= 0.3 is 5.69 Å². The number of carbonyl (C=O) groups excluding carboxylic acids is 2. The molecule has 2 aromatic carbocycles. The van der Waals surface area contributed by atoms with Crippen LogP contribution in [0.1, 0.15) is 28.4 Å². The standard InChI is InChI=1S/C25H28ClN5O4/c1-4-30(15-21(33)28-19-12-18(26)11-10-16(19)2)14-20(32)22-23(27)31(25(35)29(3)24(22)34)13-17-8-6-5-7-9-17/h5-12H,4,13-15,27H2,1-3H3,(H,28,33). The van der Waals surface area contributed by atoms with Crippen molar-refractivity contribution in [3.63, 3.8) is 0 Å². The highest BCUT2D eigenvalue weighted by molar-refractivity contribution is 6.31. The van der Waals surface area contributed by atoms with Gasteiger partial charge in [0, 0.05) is 17.8 Å². The van der Waals surface area contributed by atoms with Gasteiger partial charge in [-0.3, -0.25) is 28.4 Å². The molecule has 0 fully saturated rings. The number of nitrogens with one attached hydrogen (secondary N) is 1. The van der Waals surface area contributed by atoms with Gasteiger partial charge in [-0.1, -0.05) is 54.9 Å². The Balaban J connectivity index is 1.82. The maximum Gasteiger partial charge on any atom is 0.332 e. The van der Waals surface area contributed by atoms with Gasteiger partial charge in [0.15, 0.2) is 5.78 Å². The summed E-state index contributed by atoms with van der Waals surface area (Å²) in [4.78, 5) is 52.9. The minimum Gasteiger partial charge on any atom is -0.384 e. The van der Waals surface area contributed by atoms with Crippen molar-refractivity contribution in [3.05, 3.63) is 91.1 Å². The number of hydrogen-bond acceptors (Lipinski definition) is 6. The van der Waals surface area contributed by atoms with E-state index in [0.717, 1.165) is 15.7 Å². The molecule has 0 aliphatic rings. The van der Waals surface area contributed by atoms with Gasteiger partial charge < -0.3 is 11.1 Å². The largest absolute Gasteiger partial charge is 0.384 e. The third-order valence-corrected chi connectivity index (χ3v) is 5.94. The summed E-state index contributed by atoms with van der Waals surface area (Å²) in [6.07, 6.45) is 0. The second-order valence-electron chi connectivity index (χ2n) is 8.21. The first kappa shape index (κ1) is 25.9. The average Bonchev–Trinajstić information content (AvgIpc) is 2.83. The van der Waals surface area contributed by atoms with Gasteiger partial charge in [-0.15, -0.1) is 0 Å². The maximum absolute atomic E-state index is 13.2. The van der Waals surface area contributed by atoms with Crippen LogP contribution in [0.5, 0.6) is 0 Å². The minimum absolute atomic E-state index is 0.0852. The van der Waals surface area contributed by atoms with Crippen LogP contribution in [0, 0.1) is 6.92 Å². The lowest BCUT2D eigenvalue weighted by molar-refractivity contribution is -0.117. The Morgan fingerprint density at radius 3 is 2.43 bits per heavy atom. The summed E-state index contributed by atoms with van der Waals surface area (Å²) < 4.78 is 2.08. The number of hydrogen-bond donors (Lipinski definition) is 2. The molecule has 0 spiro atoms. The average molecular weight is 498 g/mol. The highest BCUT2D eigenvalue weighted by Gasteiger charge is 2.24. The number of nitrogen functional groups attached to an aromatic ring is 1. The van der Waals surface area contributed by atoms with Crippen LogP contribution in [0.4, 0.5) is 11.5 Å². The molecule has 3 aromatic rings. The van der Waals surface area contributed by atoms with Gasteiger partial charge in [0.2, 0.25) is 5.91 Å². The summed E-state index contributed by atoms with van der Waals surface area (Å²) >= 11 is 6.01. The number of anilines is 2. The van der Waals surface area contributed by atoms with Crippen LogP contribution in [0.2, 0.25) is 5.02 Å². The predicted molar refractivity (Wildman–Crippen MR) is 137 cm³/mol. The molecule has 0 aliphatic carbocycles. The third kappa shape index (κ3) is 6.06. The van der Waals surface area contributed by atoms with Crippen molar-refractivity contribution >= 4 is 34.8 Å². The second-order valence-corrected chi connectivity index (χ2v) is 8.65. The lowest BCUT2D eigenvalue weighted by atomic mass is 10.1. The Labute approximate surface area is 207 Å². The Morgan fingerprint density at radius 2 is 1.77 bits per heavy atom. The number of nitrogens with two attached hydrogens (primary N) is 1. The van der Waals surface area contributed by atoms with Gasteiger partial charge in [0.05, 0.1) is 19.6 Å². The quantitative estimate of drug-likeness (QED) is 0.438. The Kier molecular flexibility index (Phi) is 8.26. The SMILES string of the molecule is CCN(CC(=O)Nc1cc(Cl)ccc1C)CC(=O)c1c(N)n(Cc2ccccc2)c(=O)n(C)c1=O. The third-order valence-electron chi connectivity index (χ3n) is 5.70. The highest BCUT2D eigenvalue weighted by atomic mass is 35.5. The Bertz CT molecular complexity index is 1360. The van der Waals surface area contributed by atoms with E-state index >= 15 is 0 Å². The molecule has 0 saturated heterocycles. The van der Waals surface area contributed by atoms with E-state index in [9.17, 15) is 19.2 Å². The molecule has 0 saturated carbocycles. The van der Waals surface area contributed by atoms with Crippen molar-refractivity contribution in [1.29, 1.82) is 0 Å². The number of likely N-dealkylation sites (N-methyl/N-ethyl adjacent to an activating group) is 1. The summed E-state index contributed by atoms with van der Waals surface area (Å²) in [7, 11) is 1.31. The zero-order valence-corrected chi connectivity index (χ0v) is 20.6. The van der Waals surface area contributed by atoms with Crippen LogP contribution in [-0.2, 0) is 18.4 Å². The van der Waals surface area contributed by atoms with Crippen LogP contribution in [0.15, 0.2) is 58.1 Å². The van der Waals surface area contributed by atoms with E-state index in [-0.39, 0.29) is 36.9 Å². The molecule has 0 atom stereocenters. The summed E-state index contributed by atoms with van der Waals surface area (Å²) in [5, 5.41) is 3.28. The fraction of sp³-hybridized carbons (Fsp3) is 0.280. The molecule has 35 heavy (non-hydrogen) atoms. The zero-order chi connectivity index (χ0) is 25.7. The van der Waals surface area contributed by atoms with Crippen molar-refractivity contribution in [1.82, 2.24) is 14.0 Å². The Hall–Kier alpha value is -3.69. The number of aromatic nitrogens is 2. The fourth-order valence-electron chi connectivity index (χ4n) is 3.65. The zero-order valence-electron chi connectivity index (χ0n) is 19.9. The van der Waals surface area contributed by atoms with Crippen LogP contribution in [0.25, 0.3) is 0 Å². The van der Waals surface area contributed by atoms with Gasteiger partial charge in [0.1, 0.15) is 11.4 Å². The first-order valence-corrected chi connectivity index (χ1v) is 11.4. The maximum atomic E-state index is 13.2. The molecule has 1 amide bonds. The van der Waals surface area contributed by atoms with Gasteiger partial charge in [-0.05, 0) is 36.7 Å². The van der Waals surface area contributed by atoms with E-state index in [4.69, 9.17) is 17.3 Å². The highest BCUT2D eigenvalue weighted by Crippen LogP contribution is 2.20. The summed E-state index contributed by atoms with van der Waals surface area (Å²) in [6, 6.07) is 14.3. The van der Waals surface area contributed by atoms with Crippen molar-refractivity contribution in [3.8, 4) is 0 Å². The van der Waals surface area contributed by atoms with Crippen LogP contribution in [0.3, 0.4) is 0 Å². The van der Waals surface area contributed by atoms with E-state index < -0.39 is 17.0 Å². The summed E-state index contributed by atoms with van der Waals surface area (Å²) in [5.41, 5.74) is 6.74. The number of nitrogens with zero attached hydrogens (tertiary/aromatic N) is 3. The number of aryl methyl sites for hydroxylation is 1. The number of ketones is 1. The lowest BCUT2D eigenvalue weighted by Crippen LogP contribution is -2.45. The molecule has 0 bridgehead atoms. The van der Waals surface area contributed by atoms with Gasteiger partial charge in [-0.2, -0.15) is 0 Å². The van der Waals surface area contributed by atoms with E-state index in [1.807, 2.05) is 37.3 Å². The van der Waals surface area contributed by atoms with Gasteiger partial charge in [0.25, 0.3) is 5.56 Å². The van der Waals surface area contributed by atoms with E-state index in [0.29, 0.717) is 17.3 Å². The summed E-state index contributed by atoms with van der Waals surface area (Å²) in [6.45, 7) is 3.81. The molecular weight excluding hydrogens is 470 g/mol. The van der Waals surface area contributed by atoms with Crippen molar-refractivity contribution < 1.29 is 9.59 Å². The molecule has 3 rings (SSSR count). The number of Topliss-reactive ketones (excluding diaryl/α,β-unsaturated/α-hetero) is 1. The number of benzene rings is 2. The second kappa shape index (κ2) is 11.2. The smallest absolute Gasteiger partial charge is 0.332 e. The van der Waals surface area contributed by atoms with E-state index in [1.54, 1.807) is 30.0 Å². The molecule has 10 heteroatoms. The van der Waals surface area contributed by atoms with E-state index in [2.05, 4.69) is 5.32 Å². The van der Waals surface area contributed by atoms with Crippen LogP contribution >= 0.6 is 11.6 Å². The molecule has 184 valence electrons. The molecule has 0 radical (unpaired) electrons. The number of halogens is 1. The summed E-state index contributed by atoms with van der Waals surface area (Å²) in [5.74, 6) is -1.10. The first-order chi connectivity index (χ1) is 16.6. The predicted octanol–water partition coefficient (Wildman–Crippen LogP) is 2.28. The normalized spacial score (nSPS) is 11.0. The minimum atomic E-state index is -0.767. The number of carbonyl (C=O) groups is 2. The Morgan fingerprint density at radius 1 is 1.09 bits per heavy atom. The fourth-order valence-corrected chi connectivity index (χ4v) is 3.82. The molecule has 1 aromatic heterocycles. The molecule has 1 heterocycles. The van der Waals surface area contributed by atoms with E-state index in [1.165, 1.54) is 11.6 Å². The first-order valence-electron chi connectivity index (χ1n) is 11.1. The molecule has 3 N–H and O–H groups in total. The molecular formula is C25H28ClN5O4.